The summed E-state index contributed by atoms with van der Waals surface area (Å²) in [6.07, 6.45) is 4.40. The third-order valence-electron chi connectivity index (χ3n) is 2.38. The normalized spacial score (nSPS) is 17.7. The van der Waals surface area contributed by atoms with Crippen LogP contribution in [0.15, 0.2) is 39.5 Å². The number of ketones is 1. The Balaban J connectivity index is 2.78. The van der Waals surface area contributed by atoms with Gasteiger partial charge in [-0.15, -0.1) is 0 Å². The number of halogens is 1. The minimum absolute atomic E-state index is 0.157. The Morgan fingerprint density at radius 2 is 2.26 bits per heavy atom. The van der Waals surface area contributed by atoms with Crippen molar-refractivity contribution in [3.05, 3.63) is 34.4 Å². The fourth-order valence-electron chi connectivity index (χ4n) is 1.22. The molecule has 0 aromatic heterocycles. The van der Waals surface area contributed by atoms with Crippen LogP contribution in [0.25, 0.3) is 0 Å². The summed E-state index contributed by atoms with van der Waals surface area (Å²) >= 11 is 5.85. The van der Waals surface area contributed by atoms with E-state index in [1.54, 1.807) is 13.8 Å². The van der Waals surface area contributed by atoms with Crippen molar-refractivity contribution >= 4 is 29.0 Å². The molecule has 0 saturated carbocycles. The van der Waals surface area contributed by atoms with Crippen molar-refractivity contribution in [3.8, 4) is 6.07 Å². The van der Waals surface area contributed by atoms with Gasteiger partial charge in [0, 0.05) is 11.6 Å². The molecule has 1 N–H and O–H groups in total. The number of nitrogens with one attached hydrogen (secondary N) is 1. The molecule has 0 unspecified atom stereocenters. The molecule has 1 amide bonds. The van der Waals surface area contributed by atoms with Gasteiger partial charge < -0.3 is 0 Å². The molecule has 98 valence electrons. The Morgan fingerprint density at radius 3 is 2.89 bits per heavy atom. The highest BCUT2D eigenvalue weighted by atomic mass is 35.5. The summed E-state index contributed by atoms with van der Waals surface area (Å²) in [4.78, 5) is 22.9. The Hall–Kier alpha value is -2.19. The summed E-state index contributed by atoms with van der Waals surface area (Å²) in [5, 5.41) is 12.4. The molecule has 0 radical (unpaired) electrons. The number of hydrogen-bond acceptors (Lipinski definition) is 4. The third-order valence-corrected chi connectivity index (χ3v) is 2.68. The molecule has 0 aromatic rings. The second-order valence-electron chi connectivity index (χ2n) is 3.87. The maximum atomic E-state index is 11.6. The summed E-state index contributed by atoms with van der Waals surface area (Å²) in [5.74, 6) is -0.601. The number of nitrogens with zero attached hydrogens (tertiary/aromatic N) is 2. The second kappa shape index (κ2) is 6.66. The predicted molar refractivity (Wildman–Crippen MR) is 72.3 cm³/mol. The number of rotatable bonds is 3. The molecule has 0 saturated heterocycles. The minimum Gasteiger partial charge on any atom is -0.290 e. The molecule has 0 bridgehead atoms. The van der Waals surface area contributed by atoms with Crippen molar-refractivity contribution in [2.45, 2.75) is 20.3 Å². The van der Waals surface area contributed by atoms with Crippen LogP contribution in [0.2, 0.25) is 0 Å². The van der Waals surface area contributed by atoms with Crippen molar-refractivity contribution in [2.24, 2.45) is 5.10 Å². The monoisotopic (exact) mass is 277 g/mol. The van der Waals surface area contributed by atoms with Gasteiger partial charge in [-0.25, -0.2) is 5.43 Å². The lowest BCUT2D eigenvalue weighted by molar-refractivity contribution is -0.117. The van der Waals surface area contributed by atoms with Crippen molar-refractivity contribution in [1.29, 1.82) is 5.26 Å². The van der Waals surface area contributed by atoms with E-state index in [4.69, 9.17) is 16.9 Å². The van der Waals surface area contributed by atoms with Gasteiger partial charge in [-0.05, 0) is 25.5 Å². The summed E-state index contributed by atoms with van der Waals surface area (Å²) in [6.45, 7) is 3.22. The number of carbonyl (C=O) groups excluding carboxylic acids is 2. The van der Waals surface area contributed by atoms with Crippen LogP contribution < -0.4 is 5.43 Å². The van der Waals surface area contributed by atoms with Gasteiger partial charge >= 0.3 is 0 Å². The first-order chi connectivity index (χ1) is 8.95. The zero-order chi connectivity index (χ0) is 14.4. The van der Waals surface area contributed by atoms with Crippen LogP contribution >= 0.6 is 11.6 Å². The van der Waals surface area contributed by atoms with Gasteiger partial charge in [0.25, 0.3) is 5.91 Å². The van der Waals surface area contributed by atoms with E-state index in [2.05, 4.69) is 10.5 Å². The lowest BCUT2D eigenvalue weighted by Gasteiger charge is -2.08. The number of carbonyl (C=O) groups is 2. The highest BCUT2D eigenvalue weighted by molar-refractivity contribution is 6.48. The predicted octanol–water partition coefficient (Wildman–Crippen LogP) is 1.97. The molecule has 0 heterocycles. The number of hydrazone groups is 1. The van der Waals surface area contributed by atoms with E-state index in [-0.39, 0.29) is 17.2 Å². The van der Waals surface area contributed by atoms with E-state index in [1.807, 2.05) is 6.07 Å². The standard InChI is InChI=1S/C13H12ClN3O2/c1-8(4-3-5-15)13(19)17-16-11-6-9(2)12(18)7-10(11)14/h4,6-7H,3H2,1-2H3,(H,17,19). The van der Waals surface area contributed by atoms with Crippen LogP contribution in [-0.4, -0.2) is 17.4 Å². The molecular weight excluding hydrogens is 266 g/mol. The van der Waals surface area contributed by atoms with Gasteiger partial charge in [0.15, 0.2) is 5.78 Å². The van der Waals surface area contributed by atoms with Crippen molar-refractivity contribution < 1.29 is 9.59 Å². The molecule has 0 aromatic carbocycles. The van der Waals surface area contributed by atoms with E-state index < -0.39 is 5.91 Å². The molecule has 1 aliphatic carbocycles. The first-order valence-electron chi connectivity index (χ1n) is 5.47. The van der Waals surface area contributed by atoms with Gasteiger partial charge in [-0.3, -0.25) is 9.59 Å². The summed E-state index contributed by atoms with van der Waals surface area (Å²) in [5.41, 5.74) is 3.52. The maximum absolute atomic E-state index is 11.6. The van der Waals surface area contributed by atoms with Gasteiger partial charge in [0.1, 0.15) is 5.71 Å². The highest BCUT2D eigenvalue weighted by Crippen LogP contribution is 2.15. The second-order valence-corrected chi connectivity index (χ2v) is 4.28. The van der Waals surface area contributed by atoms with E-state index in [0.717, 1.165) is 0 Å². The first-order valence-corrected chi connectivity index (χ1v) is 5.85. The van der Waals surface area contributed by atoms with Crippen molar-refractivity contribution in [1.82, 2.24) is 5.43 Å². The summed E-state index contributed by atoms with van der Waals surface area (Å²) in [6, 6.07) is 1.91. The molecule has 0 atom stereocenters. The lowest BCUT2D eigenvalue weighted by atomic mass is 10.1. The Morgan fingerprint density at radius 1 is 1.58 bits per heavy atom. The summed E-state index contributed by atoms with van der Waals surface area (Å²) < 4.78 is 0. The molecule has 0 aliphatic heterocycles. The number of allylic oxidation sites excluding steroid dienone is 5. The minimum atomic E-state index is -0.421. The summed E-state index contributed by atoms with van der Waals surface area (Å²) in [7, 11) is 0. The average Bonchev–Trinajstić information content (AvgIpc) is 2.38. The highest BCUT2D eigenvalue weighted by Gasteiger charge is 2.14. The third kappa shape index (κ3) is 4.19. The van der Waals surface area contributed by atoms with Crippen LogP contribution in [0.5, 0.6) is 0 Å². The van der Waals surface area contributed by atoms with Gasteiger partial charge in [-0.2, -0.15) is 10.4 Å². The van der Waals surface area contributed by atoms with E-state index in [1.165, 1.54) is 18.2 Å². The van der Waals surface area contributed by atoms with Crippen LogP contribution in [0, 0.1) is 11.3 Å². The van der Waals surface area contributed by atoms with Crippen molar-refractivity contribution in [3.63, 3.8) is 0 Å². The SMILES string of the molecule is CC1=CC(=NNC(=O)C(C)=CCC#N)C(Cl)=CC1=O. The molecular formula is C13H12ClN3O2. The fraction of sp³-hybridized carbons (Fsp3) is 0.231. The average molecular weight is 278 g/mol. The topological polar surface area (TPSA) is 82.3 Å². The van der Waals surface area contributed by atoms with E-state index >= 15 is 0 Å². The lowest BCUT2D eigenvalue weighted by Crippen LogP contribution is -2.21. The largest absolute Gasteiger partial charge is 0.290 e. The Labute approximate surface area is 115 Å². The van der Waals surface area contributed by atoms with Crippen LogP contribution in [0.3, 0.4) is 0 Å². The van der Waals surface area contributed by atoms with Crippen LogP contribution in [-0.2, 0) is 9.59 Å². The quantitative estimate of drug-likeness (QED) is 0.486. The van der Waals surface area contributed by atoms with E-state index in [9.17, 15) is 9.59 Å². The van der Waals surface area contributed by atoms with Crippen LogP contribution in [0.4, 0.5) is 0 Å². The molecule has 0 fully saturated rings. The molecule has 19 heavy (non-hydrogen) atoms. The number of nitriles is 1. The first kappa shape index (κ1) is 14.9. The Kier molecular flexibility index (Phi) is 5.22. The smallest absolute Gasteiger partial charge is 0.266 e. The number of amides is 1. The van der Waals surface area contributed by atoms with Crippen molar-refractivity contribution in [2.75, 3.05) is 0 Å². The van der Waals surface area contributed by atoms with Gasteiger partial charge in [-0.1, -0.05) is 17.7 Å². The molecule has 5 nitrogen and oxygen atoms in total. The molecule has 1 rings (SSSR count). The van der Waals surface area contributed by atoms with Crippen LogP contribution in [0.1, 0.15) is 20.3 Å². The molecule has 1 aliphatic rings. The fourth-order valence-corrected chi connectivity index (χ4v) is 1.42. The number of hydrogen-bond donors (Lipinski definition) is 1. The molecule has 0 spiro atoms. The van der Waals surface area contributed by atoms with E-state index in [0.29, 0.717) is 16.9 Å². The van der Waals surface area contributed by atoms with Gasteiger partial charge in [0.05, 0.1) is 17.5 Å². The Bertz CT molecular complexity index is 577. The zero-order valence-electron chi connectivity index (χ0n) is 10.5. The maximum Gasteiger partial charge on any atom is 0.266 e. The molecule has 6 heteroatoms. The van der Waals surface area contributed by atoms with Gasteiger partial charge in [0.2, 0.25) is 0 Å². The zero-order valence-corrected chi connectivity index (χ0v) is 11.3.